The third-order valence-electron chi connectivity index (χ3n) is 3.61. The Kier molecular flexibility index (Phi) is 7.50. The molecule has 0 heterocycles. The van der Waals surface area contributed by atoms with E-state index in [1.54, 1.807) is 11.8 Å². The highest BCUT2D eigenvalue weighted by Gasteiger charge is 2.38. The number of halogens is 1. The molecular formula is C16H18BrO6PS2. The molecule has 10 heteroatoms. The Balaban J connectivity index is 1.93. The van der Waals surface area contributed by atoms with Gasteiger partial charge < -0.3 is 9.79 Å². The van der Waals surface area contributed by atoms with Crippen LogP contribution in [0.25, 0.3) is 0 Å². The van der Waals surface area contributed by atoms with Crippen LogP contribution in [0.2, 0.25) is 0 Å². The number of hydrogen-bond acceptors (Lipinski definition) is 4. The van der Waals surface area contributed by atoms with E-state index in [1.807, 2.05) is 48.5 Å². The van der Waals surface area contributed by atoms with Crippen molar-refractivity contribution in [3.8, 4) is 0 Å². The molecule has 0 aromatic heterocycles. The zero-order valence-corrected chi connectivity index (χ0v) is 17.6. The Labute approximate surface area is 165 Å². The number of benzene rings is 2. The fourth-order valence-corrected chi connectivity index (χ4v) is 5.79. The van der Waals surface area contributed by atoms with Gasteiger partial charge in [0.05, 0.1) is 0 Å². The largest absolute Gasteiger partial charge is 0.346 e. The molecule has 0 fully saturated rings. The number of rotatable bonds is 8. The molecule has 0 amide bonds. The van der Waals surface area contributed by atoms with Crippen LogP contribution in [0, 0.1) is 0 Å². The van der Waals surface area contributed by atoms with E-state index in [1.165, 1.54) is 0 Å². The zero-order valence-electron chi connectivity index (χ0n) is 13.5. The molecule has 0 aliphatic carbocycles. The van der Waals surface area contributed by atoms with Crippen LogP contribution < -0.4 is 0 Å². The molecule has 0 saturated carbocycles. The summed E-state index contributed by atoms with van der Waals surface area (Å²) >= 11 is 4.99. The molecule has 2 rings (SSSR count). The van der Waals surface area contributed by atoms with E-state index in [-0.39, 0.29) is 12.8 Å². The third-order valence-corrected chi connectivity index (χ3v) is 8.71. The van der Waals surface area contributed by atoms with E-state index < -0.39 is 22.7 Å². The van der Waals surface area contributed by atoms with Gasteiger partial charge in [-0.2, -0.15) is 8.42 Å². The van der Waals surface area contributed by atoms with Gasteiger partial charge in [0.25, 0.3) is 10.1 Å². The van der Waals surface area contributed by atoms with Crippen LogP contribution in [0.1, 0.15) is 18.4 Å². The van der Waals surface area contributed by atoms with E-state index in [0.29, 0.717) is 6.42 Å². The summed E-state index contributed by atoms with van der Waals surface area (Å²) in [5.41, 5.74) is 0.921. The van der Waals surface area contributed by atoms with Crippen molar-refractivity contribution in [3.05, 3.63) is 58.6 Å². The maximum atomic E-state index is 11.2. The Bertz CT molecular complexity index is 878. The molecule has 1 unspecified atom stereocenters. The molecular weight excluding hydrogens is 463 g/mol. The second-order valence-corrected chi connectivity index (χ2v) is 11.5. The summed E-state index contributed by atoms with van der Waals surface area (Å²) in [4.78, 5) is 18.2. The van der Waals surface area contributed by atoms with Crippen molar-refractivity contribution in [3.63, 3.8) is 0 Å². The van der Waals surface area contributed by atoms with Crippen LogP contribution in [0.15, 0.2) is 62.8 Å². The van der Waals surface area contributed by atoms with Crippen LogP contribution in [0.3, 0.4) is 0 Å². The lowest BCUT2D eigenvalue weighted by Gasteiger charge is -2.15. The van der Waals surface area contributed by atoms with Crippen LogP contribution in [-0.2, 0) is 21.1 Å². The summed E-state index contributed by atoms with van der Waals surface area (Å²) in [6.07, 6.45) is 0.378. The van der Waals surface area contributed by atoms with Gasteiger partial charge in [0.2, 0.25) is 0 Å². The van der Waals surface area contributed by atoms with E-state index in [4.69, 9.17) is 14.3 Å². The normalized spacial score (nSPS) is 13.5. The molecule has 26 heavy (non-hydrogen) atoms. The first kappa shape index (κ1) is 21.6. The summed E-state index contributed by atoms with van der Waals surface area (Å²) in [6.45, 7) is 0. The Morgan fingerprint density at radius 1 is 1.00 bits per heavy atom. The molecule has 6 nitrogen and oxygen atoms in total. The molecule has 0 aliphatic rings. The standard InChI is InChI=1S/C16H18BrO6PS2/c17-13-6-10-15(11-7-13)25-14-8-4-12(5-9-14)2-1-3-16(24(18,19)20)26(21,22)23/h4-11,16H,1-3H2,(H2,18,19,20)(H,21,22,23). The quantitative estimate of drug-likeness (QED) is 0.381. The van der Waals surface area contributed by atoms with E-state index >= 15 is 0 Å². The van der Waals surface area contributed by atoms with Crippen LogP contribution in [-0.4, -0.2) is 27.7 Å². The number of hydrogen-bond donors (Lipinski definition) is 3. The van der Waals surface area contributed by atoms with Gasteiger partial charge in [0, 0.05) is 14.3 Å². The molecule has 0 radical (unpaired) electrons. The van der Waals surface area contributed by atoms with Crippen LogP contribution in [0.4, 0.5) is 0 Å². The first-order valence-corrected chi connectivity index (χ1v) is 12.4. The summed E-state index contributed by atoms with van der Waals surface area (Å²) < 4.78 is 43.4. The molecule has 0 aliphatic heterocycles. The molecule has 1 atom stereocenters. The molecule has 0 saturated heterocycles. The minimum absolute atomic E-state index is 0.231. The van der Waals surface area contributed by atoms with Gasteiger partial charge in [0.15, 0.2) is 4.99 Å². The van der Waals surface area contributed by atoms with Gasteiger partial charge >= 0.3 is 7.60 Å². The fraction of sp³-hybridized carbons (Fsp3) is 0.250. The molecule has 3 N–H and O–H groups in total. The summed E-state index contributed by atoms with van der Waals surface area (Å²) in [5, 5.41) is 0. The van der Waals surface area contributed by atoms with Crippen molar-refractivity contribution in [2.45, 2.75) is 34.0 Å². The molecule has 142 valence electrons. The predicted octanol–water partition coefficient (Wildman–Crippen LogP) is 4.31. The SMILES string of the molecule is O=P(O)(O)C(CCCc1ccc(Sc2ccc(Br)cc2)cc1)S(=O)(=O)O. The zero-order chi connectivity index (χ0) is 19.4. The highest BCUT2D eigenvalue weighted by atomic mass is 79.9. The fourth-order valence-electron chi connectivity index (χ4n) is 2.33. The van der Waals surface area contributed by atoms with Crippen molar-refractivity contribution in [1.82, 2.24) is 0 Å². The van der Waals surface area contributed by atoms with Crippen molar-refractivity contribution in [2.24, 2.45) is 0 Å². The lowest BCUT2D eigenvalue weighted by Crippen LogP contribution is -2.20. The monoisotopic (exact) mass is 480 g/mol. The van der Waals surface area contributed by atoms with E-state index in [0.717, 1.165) is 19.8 Å². The molecule has 2 aromatic carbocycles. The molecule has 0 spiro atoms. The van der Waals surface area contributed by atoms with E-state index in [9.17, 15) is 13.0 Å². The predicted molar refractivity (Wildman–Crippen MR) is 105 cm³/mol. The van der Waals surface area contributed by atoms with Crippen LogP contribution >= 0.6 is 35.3 Å². The Morgan fingerprint density at radius 2 is 1.50 bits per heavy atom. The third kappa shape index (κ3) is 6.81. The van der Waals surface area contributed by atoms with Gasteiger partial charge in [-0.05, 0) is 61.2 Å². The first-order valence-electron chi connectivity index (χ1n) is 7.59. The van der Waals surface area contributed by atoms with Gasteiger partial charge in [-0.3, -0.25) is 9.12 Å². The van der Waals surface area contributed by atoms with Gasteiger partial charge in [0.1, 0.15) is 0 Å². The maximum absolute atomic E-state index is 11.2. The van der Waals surface area contributed by atoms with Gasteiger partial charge in [-0.1, -0.05) is 39.8 Å². The topological polar surface area (TPSA) is 112 Å². The van der Waals surface area contributed by atoms with Gasteiger partial charge in [-0.25, -0.2) is 0 Å². The van der Waals surface area contributed by atoms with Crippen molar-refractivity contribution < 1.29 is 27.3 Å². The first-order chi connectivity index (χ1) is 12.1. The molecule has 0 bridgehead atoms. The average molecular weight is 481 g/mol. The van der Waals surface area contributed by atoms with Crippen LogP contribution in [0.5, 0.6) is 0 Å². The van der Waals surface area contributed by atoms with Crippen molar-refractivity contribution >= 4 is 45.4 Å². The highest BCUT2D eigenvalue weighted by molar-refractivity contribution is 9.10. The summed E-state index contributed by atoms with van der Waals surface area (Å²) in [7, 11) is -9.70. The Hall–Kier alpha value is -0.670. The second kappa shape index (κ2) is 9.01. The maximum Gasteiger partial charge on any atom is 0.346 e. The second-order valence-electron chi connectivity index (χ2n) is 5.65. The smallest absolute Gasteiger partial charge is 0.323 e. The van der Waals surface area contributed by atoms with Gasteiger partial charge in [-0.15, -0.1) is 0 Å². The average Bonchev–Trinajstić information content (AvgIpc) is 2.53. The van der Waals surface area contributed by atoms with E-state index in [2.05, 4.69) is 15.9 Å². The number of aryl methyl sites for hydroxylation is 1. The summed E-state index contributed by atoms with van der Waals surface area (Å²) in [5.74, 6) is 0. The Morgan fingerprint density at radius 3 is 1.96 bits per heavy atom. The van der Waals surface area contributed by atoms with Crippen molar-refractivity contribution in [2.75, 3.05) is 0 Å². The lowest BCUT2D eigenvalue weighted by molar-refractivity contribution is 0.360. The lowest BCUT2D eigenvalue weighted by atomic mass is 10.1. The molecule has 2 aromatic rings. The highest BCUT2D eigenvalue weighted by Crippen LogP contribution is 2.46. The minimum atomic E-state index is -4.91. The minimum Gasteiger partial charge on any atom is -0.323 e. The van der Waals surface area contributed by atoms with Crippen molar-refractivity contribution in [1.29, 1.82) is 0 Å². The summed E-state index contributed by atoms with van der Waals surface area (Å²) in [6, 6.07) is 15.6.